The Hall–Kier alpha value is -4.56. The van der Waals surface area contributed by atoms with Gasteiger partial charge in [0, 0.05) is 48.4 Å². The van der Waals surface area contributed by atoms with Gasteiger partial charge in [-0.3, -0.25) is 9.59 Å². The fourth-order valence-electron chi connectivity index (χ4n) is 4.75. The third kappa shape index (κ3) is 6.02. The van der Waals surface area contributed by atoms with Crippen LogP contribution in [0.3, 0.4) is 0 Å². The van der Waals surface area contributed by atoms with Crippen LogP contribution in [0.4, 0.5) is 5.69 Å². The highest BCUT2D eigenvalue weighted by atomic mass is 35.5. The van der Waals surface area contributed by atoms with Crippen molar-refractivity contribution in [2.45, 2.75) is 6.92 Å². The minimum atomic E-state index is -0.458. The van der Waals surface area contributed by atoms with Crippen molar-refractivity contribution in [3.8, 4) is 11.5 Å². The van der Waals surface area contributed by atoms with Gasteiger partial charge >= 0.3 is 0 Å². The van der Waals surface area contributed by atoms with Gasteiger partial charge < -0.3 is 19.6 Å². The quantitative estimate of drug-likeness (QED) is 0.247. The molecule has 204 valence electrons. The highest BCUT2D eigenvalue weighted by Gasteiger charge is 2.22. The molecule has 1 heterocycles. The number of phenolic OH excluding ortho intramolecular Hbond substituents is 1. The highest BCUT2D eigenvalue weighted by Crippen LogP contribution is 2.28. The maximum atomic E-state index is 12.9. The van der Waals surface area contributed by atoms with E-state index in [2.05, 4.69) is 34.5 Å². The van der Waals surface area contributed by atoms with E-state index in [1.165, 1.54) is 29.4 Å². The van der Waals surface area contributed by atoms with Crippen LogP contribution in [0.1, 0.15) is 21.5 Å². The molecular weight excluding hydrogens is 528 g/mol. The number of halogens is 1. The summed E-state index contributed by atoms with van der Waals surface area (Å²) < 4.78 is 5.99. The number of nitrogens with zero attached hydrogens (tertiary/aromatic N) is 3. The third-order valence-electron chi connectivity index (χ3n) is 6.94. The average molecular weight is 557 g/mol. The number of fused-ring (bicyclic) bond motifs is 1. The van der Waals surface area contributed by atoms with E-state index in [1.54, 1.807) is 12.3 Å². The molecule has 0 aromatic heterocycles. The van der Waals surface area contributed by atoms with Gasteiger partial charge in [-0.2, -0.15) is 5.10 Å². The number of aryl methyl sites for hydroxylation is 1. The van der Waals surface area contributed by atoms with Crippen LogP contribution in [0.25, 0.3) is 10.8 Å². The number of piperazine rings is 1. The molecule has 4 aromatic carbocycles. The van der Waals surface area contributed by atoms with E-state index in [-0.39, 0.29) is 28.8 Å². The summed E-state index contributed by atoms with van der Waals surface area (Å²) in [5.41, 5.74) is 5.96. The molecule has 0 atom stereocenters. The monoisotopic (exact) mass is 556 g/mol. The first-order valence-corrected chi connectivity index (χ1v) is 13.3. The van der Waals surface area contributed by atoms with Gasteiger partial charge in [-0.15, -0.1) is 0 Å². The number of carbonyl (C=O) groups excluding carboxylic acids is 2. The number of amides is 2. The van der Waals surface area contributed by atoms with E-state index in [1.807, 2.05) is 47.4 Å². The molecule has 0 bridgehead atoms. The molecule has 40 heavy (non-hydrogen) atoms. The van der Waals surface area contributed by atoms with E-state index in [9.17, 15) is 14.7 Å². The first-order valence-electron chi connectivity index (χ1n) is 13.0. The number of para-hydroxylation sites is 1. The Morgan fingerprint density at radius 3 is 2.45 bits per heavy atom. The van der Waals surface area contributed by atoms with Gasteiger partial charge in [0.15, 0.2) is 6.61 Å². The molecule has 9 heteroatoms. The zero-order valence-electron chi connectivity index (χ0n) is 22.0. The van der Waals surface area contributed by atoms with Crippen molar-refractivity contribution in [1.82, 2.24) is 10.3 Å². The lowest BCUT2D eigenvalue weighted by Gasteiger charge is -2.36. The van der Waals surface area contributed by atoms with Crippen LogP contribution in [0.15, 0.2) is 84.0 Å². The number of anilines is 1. The molecule has 0 unspecified atom stereocenters. The molecule has 1 saturated heterocycles. The number of carbonyl (C=O) groups is 2. The van der Waals surface area contributed by atoms with Crippen molar-refractivity contribution in [2.75, 3.05) is 37.7 Å². The number of aromatic hydroxyl groups is 1. The zero-order chi connectivity index (χ0) is 28.1. The van der Waals surface area contributed by atoms with Crippen molar-refractivity contribution in [2.24, 2.45) is 5.10 Å². The van der Waals surface area contributed by atoms with Crippen molar-refractivity contribution in [3.05, 3.63) is 101 Å². The van der Waals surface area contributed by atoms with Crippen molar-refractivity contribution in [3.63, 3.8) is 0 Å². The lowest BCUT2D eigenvalue weighted by atomic mass is 10.0. The molecule has 0 spiro atoms. The molecule has 1 aliphatic heterocycles. The second-order valence-corrected chi connectivity index (χ2v) is 9.91. The minimum absolute atomic E-state index is 0.0452. The van der Waals surface area contributed by atoms with E-state index >= 15 is 0 Å². The standard InChI is InChI=1S/C31H29ClN4O4/c1-21-6-2-5-9-27(21)35-14-16-36(17-15-35)30(38)20-40-29-13-11-23(24-7-3-4-8-25(24)29)19-33-34-31(39)22-10-12-28(37)26(32)18-22/h2-13,18-19,37H,14-17,20H2,1H3,(H,34,39)/b33-19-. The summed E-state index contributed by atoms with van der Waals surface area (Å²) in [6.07, 6.45) is 1.55. The van der Waals surface area contributed by atoms with Gasteiger partial charge in [-0.25, -0.2) is 5.43 Å². The summed E-state index contributed by atoms with van der Waals surface area (Å²) in [4.78, 5) is 29.5. The van der Waals surface area contributed by atoms with E-state index in [4.69, 9.17) is 16.3 Å². The number of ether oxygens (including phenoxy) is 1. The number of rotatable bonds is 7. The topological polar surface area (TPSA) is 94.5 Å². The molecule has 1 aliphatic rings. The van der Waals surface area contributed by atoms with E-state index in [0.717, 1.165) is 29.4 Å². The number of hydrazone groups is 1. The van der Waals surface area contributed by atoms with Crippen LogP contribution < -0.4 is 15.1 Å². The maximum Gasteiger partial charge on any atom is 0.271 e. The SMILES string of the molecule is Cc1ccccc1N1CCN(C(=O)COc2ccc(/C=N\NC(=O)c3ccc(O)c(Cl)c3)c3ccccc23)CC1. The lowest BCUT2D eigenvalue weighted by Crippen LogP contribution is -2.50. The fourth-order valence-corrected chi connectivity index (χ4v) is 4.93. The van der Waals surface area contributed by atoms with Gasteiger partial charge in [0.25, 0.3) is 11.8 Å². The van der Waals surface area contributed by atoms with Crippen molar-refractivity contribution < 1.29 is 19.4 Å². The van der Waals surface area contributed by atoms with Gasteiger partial charge in [0.2, 0.25) is 0 Å². The molecule has 0 saturated carbocycles. The molecular formula is C31H29ClN4O4. The van der Waals surface area contributed by atoms with Crippen molar-refractivity contribution in [1.29, 1.82) is 0 Å². The normalized spacial score (nSPS) is 13.6. The predicted molar refractivity (Wildman–Crippen MR) is 158 cm³/mol. The number of hydrogen-bond donors (Lipinski definition) is 2. The second kappa shape index (κ2) is 12.1. The third-order valence-corrected chi connectivity index (χ3v) is 7.24. The largest absolute Gasteiger partial charge is 0.506 e. The molecule has 0 aliphatic carbocycles. The summed E-state index contributed by atoms with van der Waals surface area (Å²) in [5, 5.41) is 15.4. The summed E-state index contributed by atoms with van der Waals surface area (Å²) in [6.45, 7) is 4.91. The summed E-state index contributed by atoms with van der Waals surface area (Å²) in [7, 11) is 0. The lowest BCUT2D eigenvalue weighted by molar-refractivity contribution is -0.133. The Kier molecular flexibility index (Phi) is 8.17. The van der Waals surface area contributed by atoms with Crippen LogP contribution >= 0.6 is 11.6 Å². The number of benzene rings is 4. The molecule has 8 nitrogen and oxygen atoms in total. The molecule has 4 aromatic rings. The first-order chi connectivity index (χ1) is 19.4. The molecule has 5 rings (SSSR count). The zero-order valence-corrected chi connectivity index (χ0v) is 22.8. The summed E-state index contributed by atoms with van der Waals surface area (Å²) in [6, 6.07) is 23.8. The first kappa shape index (κ1) is 27.0. The Morgan fingerprint density at radius 2 is 1.70 bits per heavy atom. The summed E-state index contributed by atoms with van der Waals surface area (Å²) >= 11 is 5.89. The van der Waals surface area contributed by atoms with Crippen LogP contribution in [-0.4, -0.2) is 60.8 Å². The maximum absolute atomic E-state index is 12.9. The van der Waals surface area contributed by atoms with Crippen molar-refractivity contribution >= 4 is 46.1 Å². The molecule has 0 radical (unpaired) electrons. The fraction of sp³-hybridized carbons (Fsp3) is 0.194. The Balaban J connectivity index is 1.20. The Morgan fingerprint density at radius 1 is 0.975 bits per heavy atom. The smallest absolute Gasteiger partial charge is 0.271 e. The van der Waals surface area contributed by atoms with Crippen LogP contribution in [0.5, 0.6) is 11.5 Å². The molecule has 1 fully saturated rings. The molecule has 2 N–H and O–H groups in total. The average Bonchev–Trinajstić information content (AvgIpc) is 2.98. The molecule has 2 amide bonds. The van der Waals surface area contributed by atoms with Gasteiger partial charge in [0.1, 0.15) is 11.5 Å². The van der Waals surface area contributed by atoms with Crippen LogP contribution in [0, 0.1) is 6.92 Å². The highest BCUT2D eigenvalue weighted by molar-refractivity contribution is 6.32. The Labute approximate surface area is 237 Å². The van der Waals surface area contributed by atoms with Crippen LogP contribution in [-0.2, 0) is 4.79 Å². The number of hydrogen-bond acceptors (Lipinski definition) is 6. The van der Waals surface area contributed by atoms with Gasteiger partial charge in [0.05, 0.1) is 11.2 Å². The second-order valence-electron chi connectivity index (χ2n) is 9.51. The van der Waals surface area contributed by atoms with Gasteiger partial charge in [-0.05, 0) is 54.3 Å². The minimum Gasteiger partial charge on any atom is -0.506 e. The number of phenols is 1. The van der Waals surface area contributed by atoms with Crippen LogP contribution in [0.2, 0.25) is 5.02 Å². The van der Waals surface area contributed by atoms with E-state index in [0.29, 0.717) is 18.8 Å². The predicted octanol–water partition coefficient (Wildman–Crippen LogP) is 5.00. The van der Waals surface area contributed by atoms with E-state index < -0.39 is 5.91 Å². The van der Waals surface area contributed by atoms with Gasteiger partial charge in [-0.1, -0.05) is 54.1 Å². The Bertz CT molecular complexity index is 1580. The number of nitrogens with one attached hydrogen (secondary N) is 1. The summed E-state index contributed by atoms with van der Waals surface area (Å²) in [5.74, 6) is -0.00261.